The standard InChI is InChI=1S/C27H30N2O5/c1-2-18(14-24(30)29-13-7-8-17-15-27(17,29)25(31)32)28-26(33)34-16-23-21-11-5-3-9-19(21)20-10-4-6-12-22(20)23/h3-6,9-12,17-18,23H,2,7-8,13-16H2,1H3,(H,28,33)(H,31,32)/t17?,18-,27?/m1/s1. The fourth-order valence-electron chi connectivity index (χ4n) is 5.83. The molecule has 2 aliphatic carbocycles. The first-order valence-corrected chi connectivity index (χ1v) is 12.1. The Morgan fingerprint density at radius 2 is 1.76 bits per heavy atom. The molecule has 0 aromatic heterocycles. The van der Waals surface area contributed by atoms with Gasteiger partial charge in [-0.2, -0.15) is 0 Å². The van der Waals surface area contributed by atoms with E-state index in [2.05, 4.69) is 29.6 Å². The molecule has 3 atom stereocenters. The molecule has 2 N–H and O–H groups in total. The molecule has 0 bridgehead atoms. The number of amides is 2. The average molecular weight is 463 g/mol. The molecule has 34 heavy (non-hydrogen) atoms. The number of aliphatic carboxylic acids is 1. The van der Waals surface area contributed by atoms with Crippen molar-refractivity contribution in [1.29, 1.82) is 0 Å². The summed E-state index contributed by atoms with van der Waals surface area (Å²) in [7, 11) is 0. The van der Waals surface area contributed by atoms with Gasteiger partial charge in [0, 0.05) is 24.9 Å². The van der Waals surface area contributed by atoms with Crippen LogP contribution in [0.3, 0.4) is 0 Å². The number of rotatable bonds is 7. The molecular formula is C27H30N2O5. The van der Waals surface area contributed by atoms with Gasteiger partial charge in [-0.25, -0.2) is 9.59 Å². The maximum Gasteiger partial charge on any atom is 0.407 e. The van der Waals surface area contributed by atoms with Crippen LogP contribution in [-0.4, -0.2) is 52.7 Å². The van der Waals surface area contributed by atoms with Crippen LogP contribution in [0.2, 0.25) is 0 Å². The van der Waals surface area contributed by atoms with Crippen LogP contribution in [0.4, 0.5) is 4.79 Å². The molecule has 7 nitrogen and oxygen atoms in total. The zero-order valence-electron chi connectivity index (χ0n) is 19.3. The lowest BCUT2D eigenvalue weighted by molar-refractivity contribution is -0.154. The minimum Gasteiger partial charge on any atom is -0.479 e. The summed E-state index contributed by atoms with van der Waals surface area (Å²) in [5, 5.41) is 12.5. The lowest BCUT2D eigenvalue weighted by Crippen LogP contribution is -2.52. The zero-order chi connectivity index (χ0) is 23.9. The third kappa shape index (κ3) is 3.73. The summed E-state index contributed by atoms with van der Waals surface area (Å²) in [6.45, 7) is 2.56. The van der Waals surface area contributed by atoms with Gasteiger partial charge in [0.2, 0.25) is 5.91 Å². The molecule has 2 unspecified atom stereocenters. The van der Waals surface area contributed by atoms with Crippen molar-refractivity contribution >= 4 is 18.0 Å². The zero-order valence-corrected chi connectivity index (χ0v) is 19.3. The van der Waals surface area contributed by atoms with Crippen molar-refractivity contribution in [3.63, 3.8) is 0 Å². The molecule has 1 saturated carbocycles. The lowest BCUT2D eigenvalue weighted by Gasteiger charge is -2.34. The number of benzene rings is 2. The van der Waals surface area contributed by atoms with Crippen LogP contribution in [0.15, 0.2) is 48.5 Å². The van der Waals surface area contributed by atoms with Crippen LogP contribution in [0.5, 0.6) is 0 Å². The topological polar surface area (TPSA) is 95.9 Å². The van der Waals surface area contributed by atoms with Gasteiger partial charge in [0.05, 0.1) is 0 Å². The van der Waals surface area contributed by atoms with Crippen molar-refractivity contribution < 1.29 is 24.2 Å². The molecule has 2 aromatic rings. The number of likely N-dealkylation sites (tertiary alicyclic amines) is 1. The summed E-state index contributed by atoms with van der Waals surface area (Å²) in [6, 6.07) is 15.9. The van der Waals surface area contributed by atoms with Crippen LogP contribution < -0.4 is 5.32 Å². The summed E-state index contributed by atoms with van der Waals surface area (Å²) in [5.41, 5.74) is 3.58. The highest BCUT2D eigenvalue weighted by atomic mass is 16.5. The Morgan fingerprint density at radius 3 is 2.38 bits per heavy atom. The number of ether oxygens (including phenoxy) is 1. The third-order valence-electron chi connectivity index (χ3n) is 7.74. The highest BCUT2D eigenvalue weighted by molar-refractivity contribution is 5.91. The molecule has 178 valence electrons. The van der Waals surface area contributed by atoms with E-state index in [0.29, 0.717) is 19.4 Å². The van der Waals surface area contributed by atoms with Crippen molar-refractivity contribution in [2.24, 2.45) is 5.92 Å². The molecular weight excluding hydrogens is 432 g/mol. The average Bonchev–Trinajstić information content (AvgIpc) is 3.53. The molecule has 2 fully saturated rings. The number of nitrogens with zero attached hydrogens (tertiary/aromatic N) is 1. The Hall–Kier alpha value is -3.35. The highest BCUT2D eigenvalue weighted by Gasteiger charge is 2.66. The fourth-order valence-corrected chi connectivity index (χ4v) is 5.83. The second-order valence-corrected chi connectivity index (χ2v) is 9.60. The van der Waals surface area contributed by atoms with Crippen molar-refractivity contribution in [2.75, 3.05) is 13.2 Å². The third-order valence-corrected chi connectivity index (χ3v) is 7.74. The number of fused-ring (bicyclic) bond motifs is 4. The van der Waals surface area contributed by atoms with Crippen molar-refractivity contribution in [1.82, 2.24) is 10.2 Å². The summed E-state index contributed by atoms with van der Waals surface area (Å²) in [4.78, 5) is 39.1. The van der Waals surface area contributed by atoms with Gasteiger partial charge in [-0.05, 0) is 53.9 Å². The summed E-state index contributed by atoms with van der Waals surface area (Å²) in [5.74, 6) is -1.10. The maximum atomic E-state index is 13.0. The molecule has 3 aliphatic rings. The van der Waals surface area contributed by atoms with Crippen LogP contribution in [0, 0.1) is 5.92 Å². The number of piperidine rings is 1. The van der Waals surface area contributed by atoms with Gasteiger partial charge in [0.25, 0.3) is 0 Å². The minimum absolute atomic E-state index is 0.0320. The molecule has 7 heteroatoms. The van der Waals surface area contributed by atoms with E-state index in [-0.39, 0.29) is 30.8 Å². The number of nitrogens with one attached hydrogen (secondary N) is 1. The number of carboxylic acid groups (broad SMARTS) is 1. The molecule has 1 aliphatic heterocycles. The van der Waals surface area contributed by atoms with E-state index in [0.717, 1.165) is 35.1 Å². The number of hydrogen-bond donors (Lipinski definition) is 2. The number of carboxylic acids is 1. The smallest absolute Gasteiger partial charge is 0.407 e. The Morgan fingerprint density at radius 1 is 1.12 bits per heavy atom. The predicted octanol–water partition coefficient (Wildman–Crippen LogP) is 4.16. The van der Waals surface area contributed by atoms with Gasteiger partial charge >= 0.3 is 12.1 Å². The molecule has 1 saturated heterocycles. The van der Waals surface area contributed by atoms with E-state index < -0.39 is 23.6 Å². The Balaban J connectivity index is 1.20. The first-order valence-electron chi connectivity index (χ1n) is 12.1. The monoisotopic (exact) mass is 462 g/mol. The van der Waals surface area contributed by atoms with Gasteiger partial charge in [0.1, 0.15) is 12.1 Å². The summed E-state index contributed by atoms with van der Waals surface area (Å²) >= 11 is 0. The fraction of sp³-hybridized carbons (Fsp3) is 0.444. The van der Waals surface area contributed by atoms with Gasteiger partial charge < -0.3 is 20.1 Å². The first kappa shape index (κ1) is 22.4. The lowest BCUT2D eigenvalue weighted by atomic mass is 9.98. The van der Waals surface area contributed by atoms with Gasteiger partial charge in [-0.1, -0.05) is 55.5 Å². The van der Waals surface area contributed by atoms with Gasteiger partial charge in [0.15, 0.2) is 0 Å². The maximum absolute atomic E-state index is 13.0. The quantitative estimate of drug-likeness (QED) is 0.644. The van der Waals surface area contributed by atoms with E-state index in [1.54, 1.807) is 0 Å². The Labute approximate surface area is 199 Å². The largest absolute Gasteiger partial charge is 0.479 e. The molecule has 0 spiro atoms. The van der Waals surface area contributed by atoms with E-state index in [4.69, 9.17) is 4.74 Å². The van der Waals surface area contributed by atoms with E-state index in [9.17, 15) is 19.5 Å². The number of hydrogen-bond acceptors (Lipinski definition) is 4. The SMILES string of the molecule is CC[C@H](CC(=O)N1CCCC2CC21C(=O)O)NC(=O)OCC1c2ccccc2-c2ccccc21. The van der Waals surface area contributed by atoms with Crippen LogP contribution in [0.1, 0.15) is 56.1 Å². The van der Waals surface area contributed by atoms with E-state index in [1.807, 2.05) is 31.2 Å². The first-order chi connectivity index (χ1) is 16.5. The predicted molar refractivity (Wildman–Crippen MR) is 126 cm³/mol. The Kier molecular flexibility index (Phi) is 5.80. The van der Waals surface area contributed by atoms with Crippen molar-refractivity contribution in [2.45, 2.75) is 56.5 Å². The minimum atomic E-state index is -1.03. The molecule has 1 heterocycles. The summed E-state index contributed by atoms with van der Waals surface area (Å²) < 4.78 is 5.62. The molecule has 0 radical (unpaired) electrons. The number of alkyl carbamates (subject to hydrolysis) is 1. The second kappa shape index (κ2) is 8.78. The highest BCUT2D eigenvalue weighted by Crippen LogP contribution is 2.54. The molecule has 5 rings (SSSR count). The van der Waals surface area contributed by atoms with Crippen LogP contribution in [0.25, 0.3) is 11.1 Å². The Bertz CT molecular complexity index is 1090. The van der Waals surface area contributed by atoms with Crippen molar-refractivity contribution in [3.05, 3.63) is 59.7 Å². The van der Waals surface area contributed by atoms with E-state index >= 15 is 0 Å². The summed E-state index contributed by atoms with van der Waals surface area (Å²) in [6.07, 6.45) is 2.27. The van der Waals surface area contributed by atoms with E-state index in [1.165, 1.54) is 4.90 Å². The second-order valence-electron chi connectivity index (χ2n) is 9.60. The van der Waals surface area contributed by atoms with Crippen LogP contribution >= 0.6 is 0 Å². The van der Waals surface area contributed by atoms with Crippen molar-refractivity contribution in [3.8, 4) is 11.1 Å². The molecule has 2 amide bonds. The van der Waals surface area contributed by atoms with Crippen LogP contribution in [-0.2, 0) is 14.3 Å². The normalized spacial score (nSPS) is 23.3. The number of carbonyl (C=O) groups is 3. The van der Waals surface area contributed by atoms with Gasteiger partial charge in [-0.3, -0.25) is 4.79 Å². The number of carbonyl (C=O) groups excluding carboxylic acids is 2. The van der Waals surface area contributed by atoms with Gasteiger partial charge in [-0.15, -0.1) is 0 Å². The molecule has 2 aromatic carbocycles.